The Morgan fingerprint density at radius 2 is 1.90 bits per heavy atom. The second kappa shape index (κ2) is 8.19. The molecule has 1 aliphatic rings. The van der Waals surface area contributed by atoms with Crippen molar-refractivity contribution in [3.8, 4) is 0 Å². The van der Waals surface area contributed by atoms with E-state index in [1.54, 1.807) is 0 Å². The summed E-state index contributed by atoms with van der Waals surface area (Å²) in [6.45, 7) is 0.810. The van der Waals surface area contributed by atoms with Crippen LogP contribution >= 0.6 is 12.4 Å². The van der Waals surface area contributed by atoms with E-state index in [1.165, 1.54) is 0 Å². The van der Waals surface area contributed by atoms with Crippen LogP contribution in [0, 0.1) is 11.8 Å². The van der Waals surface area contributed by atoms with Crippen molar-refractivity contribution in [1.82, 2.24) is 4.90 Å². The molecular weight excluding hydrogens is 282 g/mol. The fraction of sp³-hybridized carbons (Fsp3) is 0.917. The molecule has 0 aromatic heterocycles. The number of carboxylic acids is 1. The normalized spacial score (nSPS) is 29.9. The number of aliphatic carboxylic acids is 1. The highest BCUT2D eigenvalue weighted by atomic mass is 35.5. The molecule has 3 atom stereocenters. The summed E-state index contributed by atoms with van der Waals surface area (Å²) in [6, 6.07) is 0. The number of halogens is 1. The molecule has 0 aromatic carbocycles. The quantitative estimate of drug-likeness (QED) is 0.516. The van der Waals surface area contributed by atoms with E-state index in [0.29, 0.717) is 19.3 Å². The van der Waals surface area contributed by atoms with Crippen molar-refractivity contribution in [2.45, 2.75) is 37.5 Å². The standard InChI is InChI=1S/C12H25BN2O4.ClH/c1-15(2)8-10-5-9(3-4-13(18)19)6-12(14,7-10)11(16)17;/h9-10,18-19H,3-8,14H2,1-2H3,(H,16,17);1H. The first kappa shape index (κ1) is 19.7. The molecular formula is C12H26BClN2O4. The number of nitrogens with zero attached hydrogens (tertiary/aromatic N) is 1. The van der Waals surface area contributed by atoms with Crippen molar-refractivity contribution < 1.29 is 19.9 Å². The molecule has 20 heavy (non-hydrogen) atoms. The van der Waals surface area contributed by atoms with Gasteiger partial charge in [0.05, 0.1) is 0 Å². The largest absolute Gasteiger partial charge is 0.480 e. The minimum atomic E-state index is -1.33. The third kappa shape index (κ3) is 5.97. The van der Waals surface area contributed by atoms with E-state index in [1.807, 2.05) is 19.0 Å². The molecule has 5 N–H and O–H groups in total. The lowest BCUT2D eigenvalue weighted by Gasteiger charge is -2.40. The van der Waals surface area contributed by atoms with Crippen molar-refractivity contribution in [2.75, 3.05) is 20.6 Å². The first-order chi connectivity index (χ1) is 8.73. The minimum absolute atomic E-state index is 0. The zero-order valence-electron chi connectivity index (χ0n) is 12.2. The fourth-order valence-electron chi connectivity index (χ4n) is 3.19. The fourth-order valence-corrected chi connectivity index (χ4v) is 3.19. The third-order valence-electron chi connectivity index (χ3n) is 3.85. The monoisotopic (exact) mass is 308 g/mol. The van der Waals surface area contributed by atoms with Gasteiger partial charge in [0.2, 0.25) is 0 Å². The summed E-state index contributed by atoms with van der Waals surface area (Å²) in [5.74, 6) is -0.571. The van der Waals surface area contributed by atoms with Gasteiger partial charge in [0, 0.05) is 6.54 Å². The Balaban J connectivity index is 0.00000361. The average Bonchev–Trinajstić information content (AvgIpc) is 2.24. The second-order valence-electron chi connectivity index (χ2n) is 6.16. The Morgan fingerprint density at radius 3 is 2.35 bits per heavy atom. The summed E-state index contributed by atoms with van der Waals surface area (Å²) in [4.78, 5) is 13.4. The summed E-state index contributed by atoms with van der Waals surface area (Å²) in [7, 11) is 2.59. The smallest absolute Gasteiger partial charge is 0.451 e. The van der Waals surface area contributed by atoms with Crippen LogP contribution in [-0.4, -0.2) is 59.3 Å². The highest BCUT2D eigenvalue weighted by Crippen LogP contribution is 2.37. The number of rotatable bonds is 6. The van der Waals surface area contributed by atoms with Crippen molar-refractivity contribution in [3.63, 3.8) is 0 Å². The van der Waals surface area contributed by atoms with Gasteiger partial charge in [-0.15, -0.1) is 12.4 Å². The molecule has 0 spiro atoms. The Kier molecular flexibility index (Phi) is 8.05. The molecule has 1 rings (SSSR count). The van der Waals surface area contributed by atoms with Crippen LogP contribution in [0.3, 0.4) is 0 Å². The van der Waals surface area contributed by atoms with Crippen molar-refractivity contribution >= 4 is 25.5 Å². The molecule has 0 heterocycles. The van der Waals surface area contributed by atoms with E-state index in [4.69, 9.17) is 15.8 Å². The van der Waals surface area contributed by atoms with Gasteiger partial charge in [0.1, 0.15) is 5.54 Å². The van der Waals surface area contributed by atoms with E-state index < -0.39 is 18.6 Å². The van der Waals surface area contributed by atoms with E-state index in [-0.39, 0.29) is 30.6 Å². The van der Waals surface area contributed by atoms with Gasteiger partial charge in [-0.25, -0.2) is 0 Å². The lowest BCUT2D eigenvalue weighted by atomic mass is 9.67. The van der Waals surface area contributed by atoms with Crippen molar-refractivity contribution in [1.29, 1.82) is 0 Å². The molecule has 1 fully saturated rings. The Hall–Kier alpha value is -0.335. The Morgan fingerprint density at radius 1 is 1.35 bits per heavy atom. The zero-order valence-corrected chi connectivity index (χ0v) is 13.0. The molecule has 6 nitrogen and oxygen atoms in total. The van der Waals surface area contributed by atoms with Crippen LogP contribution in [0.4, 0.5) is 0 Å². The number of carbonyl (C=O) groups is 1. The summed E-state index contributed by atoms with van der Waals surface area (Å²) < 4.78 is 0. The number of carboxylic acid groups (broad SMARTS) is 1. The number of nitrogens with two attached hydrogens (primary N) is 1. The molecule has 0 saturated heterocycles. The highest BCUT2D eigenvalue weighted by molar-refractivity contribution is 6.40. The van der Waals surface area contributed by atoms with Gasteiger partial charge in [0.25, 0.3) is 0 Å². The highest BCUT2D eigenvalue weighted by Gasteiger charge is 2.43. The van der Waals surface area contributed by atoms with Crippen LogP contribution in [0.25, 0.3) is 0 Å². The van der Waals surface area contributed by atoms with Crippen molar-refractivity contribution in [3.05, 3.63) is 0 Å². The average molecular weight is 309 g/mol. The summed E-state index contributed by atoms with van der Waals surface area (Å²) in [6.07, 6.45) is 2.68. The molecule has 0 radical (unpaired) electrons. The maximum atomic E-state index is 11.4. The van der Waals surface area contributed by atoms with Gasteiger partial charge in [-0.3, -0.25) is 4.79 Å². The van der Waals surface area contributed by atoms with Crippen LogP contribution < -0.4 is 5.73 Å². The molecule has 118 valence electrons. The molecule has 1 saturated carbocycles. The van der Waals surface area contributed by atoms with Gasteiger partial charge in [0.15, 0.2) is 0 Å². The third-order valence-corrected chi connectivity index (χ3v) is 3.85. The minimum Gasteiger partial charge on any atom is -0.480 e. The lowest BCUT2D eigenvalue weighted by Crippen LogP contribution is -2.54. The molecule has 8 heteroatoms. The first-order valence-electron chi connectivity index (χ1n) is 6.76. The maximum Gasteiger partial charge on any atom is 0.451 e. The van der Waals surface area contributed by atoms with Gasteiger partial charge in [-0.2, -0.15) is 0 Å². The van der Waals surface area contributed by atoms with Crippen LogP contribution in [-0.2, 0) is 4.79 Å². The van der Waals surface area contributed by atoms with Crippen molar-refractivity contribution in [2.24, 2.45) is 17.6 Å². The van der Waals surface area contributed by atoms with Crippen LogP contribution in [0.15, 0.2) is 0 Å². The lowest BCUT2D eigenvalue weighted by molar-refractivity contribution is -0.146. The van der Waals surface area contributed by atoms with E-state index >= 15 is 0 Å². The summed E-state index contributed by atoms with van der Waals surface area (Å²) >= 11 is 0. The number of hydrogen-bond donors (Lipinski definition) is 4. The second-order valence-corrected chi connectivity index (χ2v) is 6.16. The molecule has 0 aromatic rings. The van der Waals surface area contributed by atoms with E-state index in [0.717, 1.165) is 13.0 Å². The van der Waals surface area contributed by atoms with Crippen LogP contribution in [0.5, 0.6) is 0 Å². The van der Waals surface area contributed by atoms with Gasteiger partial charge < -0.3 is 25.8 Å². The Labute approximate surface area is 126 Å². The van der Waals surface area contributed by atoms with Gasteiger partial charge in [-0.1, -0.05) is 6.42 Å². The maximum absolute atomic E-state index is 11.4. The molecule has 1 aliphatic carbocycles. The molecule has 0 amide bonds. The first-order valence-corrected chi connectivity index (χ1v) is 6.76. The van der Waals surface area contributed by atoms with Crippen LogP contribution in [0.1, 0.15) is 25.7 Å². The molecule has 0 aliphatic heterocycles. The molecule has 3 unspecified atom stereocenters. The molecule has 0 bridgehead atoms. The van der Waals surface area contributed by atoms with Gasteiger partial charge >= 0.3 is 13.1 Å². The summed E-state index contributed by atoms with van der Waals surface area (Å²) in [5, 5.41) is 27.2. The summed E-state index contributed by atoms with van der Waals surface area (Å²) in [5.41, 5.74) is 4.85. The van der Waals surface area contributed by atoms with Gasteiger partial charge in [-0.05, 0) is 51.5 Å². The van der Waals surface area contributed by atoms with E-state index in [9.17, 15) is 9.90 Å². The zero-order chi connectivity index (χ0) is 14.6. The van der Waals surface area contributed by atoms with E-state index in [2.05, 4.69) is 0 Å². The SMILES string of the molecule is CN(C)CC1CC(CCB(O)O)CC(N)(C(=O)O)C1.Cl. The topological polar surface area (TPSA) is 107 Å². The predicted molar refractivity (Wildman–Crippen MR) is 80.8 cm³/mol. The predicted octanol–water partition coefficient (Wildman–Crippen LogP) is 0.0311. The number of hydrogen-bond acceptors (Lipinski definition) is 5. The van der Waals surface area contributed by atoms with Crippen LogP contribution in [0.2, 0.25) is 6.32 Å². The Bertz CT molecular complexity index is 320.